The van der Waals surface area contributed by atoms with Gasteiger partial charge in [-0.3, -0.25) is 9.78 Å². The molecule has 0 saturated carbocycles. The molecule has 2 rings (SSSR count). The minimum atomic E-state index is -0.408. The predicted molar refractivity (Wildman–Crippen MR) is 77.8 cm³/mol. The molecule has 4 nitrogen and oxygen atoms in total. The molecule has 0 saturated heterocycles. The second-order valence-electron chi connectivity index (χ2n) is 4.69. The lowest BCUT2D eigenvalue weighted by Gasteiger charge is -2.17. The Morgan fingerprint density at radius 3 is 2.71 bits per heavy atom. The van der Waals surface area contributed by atoms with Gasteiger partial charge in [0.2, 0.25) is 0 Å². The summed E-state index contributed by atoms with van der Waals surface area (Å²) in [7, 11) is 1.67. The van der Waals surface area contributed by atoms with Crippen molar-refractivity contribution in [2.45, 2.75) is 6.92 Å². The topological polar surface area (TPSA) is 42.4 Å². The SMILES string of the molecule is Cc1ccc(C(=O)N(C)CCOc2ccccc2F)cn1. The number of para-hydroxylation sites is 1. The van der Waals surface area contributed by atoms with Gasteiger partial charge in [0.05, 0.1) is 12.1 Å². The second kappa shape index (κ2) is 6.83. The van der Waals surface area contributed by atoms with Gasteiger partial charge in [-0.2, -0.15) is 0 Å². The number of hydrogen-bond donors (Lipinski definition) is 0. The maximum absolute atomic E-state index is 13.4. The van der Waals surface area contributed by atoms with E-state index in [9.17, 15) is 9.18 Å². The van der Waals surface area contributed by atoms with Crippen LogP contribution in [0.5, 0.6) is 5.75 Å². The molecule has 0 spiro atoms. The van der Waals surface area contributed by atoms with Gasteiger partial charge in [0, 0.05) is 18.9 Å². The Morgan fingerprint density at radius 1 is 1.29 bits per heavy atom. The summed E-state index contributed by atoms with van der Waals surface area (Å²) in [4.78, 5) is 17.7. The van der Waals surface area contributed by atoms with Crippen molar-refractivity contribution in [2.75, 3.05) is 20.2 Å². The average Bonchev–Trinajstić information content (AvgIpc) is 2.49. The van der Waals surface area contributed by atoms with E-state index in [0.29, 0.717) is 12.1 Å². The zero-order valence-corrected chi connectivity index (χ0v) is 12.0. The van der Waals surface area contributed by atoms with Crippen LogP contribution in [0.1, 0.15) is 16.1 Å². The molecule has 5 heteroatoms. The number of benzene rings is 1. The van der Waals surface area contributed by atoms with E-state index in [1.54, 1.807) is 43.6 Å². The molecule has 0 N–H and O–H groups in total. The molecule has 1 amide bonds. The fourth-order valence-electron chi connectivity index (χ4n) is 1.77. The van der Waals surface area contributed by atoms with Crippen molar-refractivity contribution in [3.05, 3.63) is 59.7 Å². The number of halogens is 1. The van der Waals surface area contributed by atoms with Gasteiger partial charge in [-0.1, -0.05) is 12.1 Å². The van der Waals surface area contributed by atoms with E-state index in [1.165, 1.54) is 11.0 Å². The highest BCUT2D eigenvalue weighted by Crippen LogP contribution is 2.15. The fourth-order valence-corrected chi connectivity index (χ4v) is 1.77. The monoisotopic (exact) mass is 288 g/mol. The molecule has 0 aliphatic heterocycles. The summed E-state index contributed by atoms with van der Waals surface area (Å²) in [6.45, 7) is 2.45. The molecular formula is C16H17FN2O2. The highest BCUT2D eigenvalue weighted by molar-refractivity contribution is 5.93. The fraction of sp³-hybridized carbons (Fsp3) is 0.250. The minimum Gasteiger partial charge on any atom is -0.489 e. The van der Waals surface area contributed by atoms with Crippen molar-refractivity contribution in [3.8, 4) is 5.75 Å². The second-order valence-corrected chi connectivity index (χ2v) is 4.69. The zero-order chi connectivity index (χ0) is 15.2. The Hall–Kier alpha value is -2.43. The van der Waals surface area contributed by atoms with E-state index in [0.717, 1.165) is 5.69 Å². The molecule has 0 fully saturated rings. The Kier molecular flexibility index (Phi) is 4.87. The van der Waals surface area contributed by atoms with Gasteiger partial charge < -0.3 is 9.64 Å². The lowest BCUT2D eigenvalue weighted by atomic mass is 10.2. The van der Waals surface area contributed by atoms with Gasteiger partial charge in [-0.05, 0) is 31.2 Å². The summed E-state index contributed by atoms with van der Waals surface area (Å²) in [5.74, 6) is -0.357. The largest absolute Gasteiger partial charge is 0.489 e. The number of pyridine rings is 1. The lowest BCUT2D eigenvalue weighted by molar-refractivity contribution is 0.0772. The van der Waals surface area contributed by atoms with Crippen LogP contribution in [-0.4, -0.2) is 36.0 Å². The normalized spacial score (nSPS) is 10.2. The van der Waals surface area contributed by atoms with Crippen molar-refractivity contribution in [3.63, 3.8) is 0 Å². The van der Waals surface area contributed by atoms with Crippen molar-refractivity contribution in [2.24, 2.45) is 0 Å². The van der Waals surface area contributed by atoms with Crippen molar-refractivity contribution in [1.82, 2.24) is 9.88 Å². The first-order valence-electron chi connectivity index (χ1n) is 6.63. The summed E-state index contributed by atoms with van der Waals surface area (Å²) in [5, 5.41) is 0. The average molecular weight is 288 g/mol. The van der Waals surface area contributed by atoms with E-state index in [-0.39, 0.29) is 18.3 Å². The Bertz CT molecular complexity index is 614. The first-order chi connectivity index (χ1) is 10.1. The number of nitrogens with zero attached hydrogens (tertiary/aromatic N) is 2. The van der Waals surface area contributed by atoms with Crippen LogP contribution in [0.2, 0.25) is 0 Å². The Labute approximate surface area is 123 Å². The molecule has 0 atom stereocenters. The summed E-state index contributed by atoms with van der Waals surface area (Å²) < 4.78 is 18.7. The number of carbonyl (C=O) groups excluding carboxylic acids is 1. The van der Waals surface area contributed by atoms with Gasteiger partial charge >= 0.3 is 0 Å². The number of aromatic nitrogens is 1. The molecule has 2 aromatic rings. The van der Waals surface area contributed by atoms with Crippen LogP contribution in [0, 0.1) is 12.7 Å². The third-order valence-corrected chi connectivity index (χ3v) is 3.03. The minimum absolute atomic E-state index is 0.139. The number of aryl methyl sites for hydroxylation is 1. The van der Waals surface area contributed by atoms with Gasteiger partial charge in [-0.15, -0.1) is 0 Å². The highest BCUT2D eigenvalue weighted by Gasteiger charge is 2.12. The summed E-state index contributed by atoms with van der Waals surface area (Å²) in [5.41, 5.74) is 1.38. The Balaban J connectivity index is 1.87. The highest BCUT2D eigenvalue weighted by atomic mass is 19.1. The summed E-state index contributed by atoms with van der Waals surface area (Å²) in [6, 6.07) is 9.71. The molecule has 110 valence electrons. The molecule has 0 radical (unpaired) electrons. The van der Waals surface area contributed by atoms with Gasteiger partial charge in [-0.25, -0.2) is 4.39 Å². The van der Waals surface area contributed by atoms with Crippen LogP contribution in [0.15, 0.2) is 42.6 Å². The molecule has 1 heterocycles. The van der Waals surface area contributed by atoms with Crippen LogP contribution in [-0.2, 0) is 0 Å². The molecule has 21 heavy (non-hydrogen) atoms. The first kappa shape index (κ1) is 15.0. The van der Waals surface area contributed by atoms with E-state index in [2.05, 4.69) is 4.98 Å². The number of likely N-dealkylation sites (N-methyl/N-ethyl adjacent to an activating group) is 1. The van der Waals surface area contributed by atoms with Crippen LogP contribution in [0.4, 0.5) is 4.39 Å². The van der Waals surface area contributed by atoms with Crippen LogP contribution < -0.4 is 4.74 Å². The molecule has 1 aromatic carbocycles. The van der Waals surface area contributed by atoms with E-state index in [4.69, 9.17) is 4.74 Å². The number of rotatable bonds is 5. The molecule has 0 aliphatic rings. The maximum atomic E-state index is 13.4. The summed E-state index contributed by atoms with van der Waals surface area (Å²) >= 11 is 0. The van der Waals surface area contributed by atoms with Gasteiger partial charge in [0.1, 0.15) is 6.61 Å². The standard InChI is InChI=1S/C16H17FN2O2/c1-12-7-8-13(11-18-12)16(20)19(2)9-10-21-15-6-4-3-5-14(15)17/h3-8,11H,9-10H2,1-2H3. The van der Waals surface area contributed by atoms with E-state index >= 15 is 0 Å². The molecule has 0 bridgehead atoms. The van der Waals surface area contributed by atoms with Crippen LogP contribution in [0.25, 0.3) is 0 Å². The molecule has 0 unspecified atom stereocenters. The lowest BCUT2D eigenvalue weighted by Crippen LogP contribution is -2.31. The predicted octanol–water partition coefficient (Wildman–Crippen LogP) is 2.68. The van der Waals surface area contributed by atoms with Crippen LogP contribution >= 0.6 is 0 Å². The van der Waals surface area contributed by atoms with Gasteiger partial charge in [0.25, 0.3) is 5.91 Å². The smallest absolute Gasteiger partial charge is 0.255 e. The zero-order valence-electron chi connectivity index (χ0n) is 12.0. The van der Waals surface area contributed by atoms with Crippen molar-refractivity contribution < 1.29 is 13.9 Å². The van der Waals surface area contributed by atoms with Crippen LogP contribution in [0.3, 0.4) is 0 Å². The number of hydrogen-bond acceptors (Lipinski definition) is 3. The third kappa shape index (κ3) is 4.02. The Morgan fingerprint density at radius 2 is 2.05 bits per heavy atom. The quantitative estimate of drug-likeness (QED) is 0.849. The first-order valence-corrected chi connectivity index (χ1v) is 6.63. The molecular weight excluding hydrogens is 271 g/mol. The van der Waals surface area contributed by atoms with E-state index < -0.39 is 5.82 Å². The van der Waals surface area contributed by atoms with Crippen molar-refractivity contribution >= 4 is 5.91 Å². The molecule has 0 aliphatic carbocycles. The third-order valence-electron chi connectivity index (χ3n) is 3.03. The maximum Gasteiger partial charge on any atom is 0.255 e. The van der Waals surface area contributed by atoms with Crippen molar-refractivity contribution in [1.29, 1.82) is 0 Å². The van der Waals surface area contributed by atoms with E-state index in [1.807, 2.05) is 6.92 Å². The summed E-state index contributed by atoms with van der Waals surface area (Å²) in [6.07, 6.45) is 1.55. The van der Waals surface area contributed by atoms with Gasteiger partial charge in [0.15, 0.2) is 11.6 Å². The number of ether oxygens (including phenoxy) is 1. The molecule has 1 aromatic heterocycles. The number of carbonyl (C=O) groups is 1. The number of amides is 1.